The number of hydrogen-bond donors (Lipinski definition) is 0. The lowest BCUT2D eigenvalue weighted by Crippen LogP contribution is -2.36. The quantitative estimate of drug-likeness (QED) is 0.521. The Bertz CT molecular complexity index is 389. The molecule has 0 aromatic heterocycles. The molecule has 1 amide bonds. The molecule has 1 aliphatic heterocycles. The van der Waals surface area contributed by atoms with Crippen molar-refractivity contribution in [1.82, 2.24) is 4.90 Å². The Labute approximate surface area is 140 Å². The summed E-state index contributed by atoms with van der Waals surface area (Å²) in [6, 6.07) is 0. The monoisotopic (exact) mass is 327 g/mol. The van der Waals surface area contributed by atoms with Crippen LogP contribution in [-0.2, 0) is 14.3 Å². The fraction of sp³-hybridized carbons (Fsp3) is 0.889. The number of amides is 1. The number of unbranched alkanes of at least 4 members (excludes halogenated alkanes) is 2. The zero-order valence-corrected chi connectivity index (χ0v) is 15.4. The molecule has 0 bridgehead atoms. The molecule has 5 heteroatoms. The number of likely N-dealkylation sites (tertiary alicyclic amines) is 1. The Kier molecular flexibility index (Phi) is 7.86. The predicted molar refractivity (Wildman–Crippen MR) is 90.2 cm³/mol. The summed E-state index contributed by atoms with van der Waals surface area (Å²) in [7, 11) is 0. The fourth-order valence-electron chi connectivity index (χ4n) is 2.71. The second-order valence-electron chi connectivity index (χ2n) is 7.37. The first-order chi connectivity index (χ1) is 10.8. The average molecular weight is 327 g/mol. The van der Waals surface area contributed by atoms with E-state index in [9.17, 15) is 9.59 Å². The lowest BCUT2D eigenvalue weighted by atomic mass is 9.99. The van der Waals surface area contributed by atoms with E-state index in [2.05, 4.69) is 6.92 Å². The molecular formula is C18H33NO4. The van der Waals surface area contributed by atoms with Crippen molar-refractivity contribution in [3.63, 3.8) is 0 Å². The van der Waals surface area contributed by atoms with Gasteiger partial charge in [0.2, 0.25) is 0 Å². The summed E-state index contributed by atoms with van der Waals surface area (Å²) in [6.45, 7) is 10.7. The minimum absolute atomic E-state index is 0.0165. The van der Waals surface area contributed by atoms with Crippen molar-refractivity contribution in [3.8, 4) is 0 Å². The van der Waals surface area contributed by atoms with Crippen molar-refractivity contribution in [1.29, 1.82) is 0 Å². The molecule has 2 atom stereocenters. The zero-order chi connectivity index (χ0) is 17.5. The van der Waals surface area contributed by atoms with E-state index in [0.717, 1.165) is 32.1 Å². The van der Waals surface area contributed by atoms with Gasteiger partial charge in [-0.25, -0.2) is 4.79 Å². The molecule has 5 nitrogen and oxygen atoms in total. The Hall–Kier alpha value is -1.26. The summed E-state index contributed by atoms with van der Waals surface area (Å²) in [5.41, 5.74) is -0.502. The topological polar surface area (TPSA) is 55.8 Å². The third-order valence-electron chi connectivity index (χ3n) is 4.06. The van der Waals surface area contributed by atoms with Crippen molar-refractivity contribution in [3.05, 3.63) is 0 Å². The largest absolute Gasteiger partial charge is 0.460 e. The Morgan fingerprint density at radius 3 is 2.48 bits per heavy atom. The van der Waals surface area contributed by atoms with Crippen LogP contribution in [0.3, 0.4) is 0 Å². The number of carbonyl (C=O) groups is 2. The molecule has 1 fully saturated rings. The minimum atomic E-state index is -0.502. The van der Waals surface area contributed by atoms with Gasteiger partial charge in [0.05, 0.1) is 12.5 Å². The highest BCUT2D eigenvalue weighted by Gasteiger charge is 2.32. The van der Waals surface area contributed by atoms with Gasteiger partial charge >= 0.3 is 12.1 Å². The highest BCUT2D eigenvalue weighted by molar-refractivity contribution is 5.73. The van der Waals surface area contributed by atoms with E-state index in [4.69, 9.17) is 9.47 Å². The molecule has 1 saturated heterocycles. The Balaban J connectivity index is 2.40. The number of ether oxygens (including phenoxy) is 2. The maximum Gasteiger partial charge on any atom is 0.410 e. The Morgan fingerprint density at radius 1 is 1.22 bits per heavy atom. The lowest BCUT2D eigenvalue weighted by molar-refractivity contribution is -0.153. The molecule has 1 aliphatic rings. The fourth-order valence-corrected chi connectivity index (χ4v) is 2.71. The minimum Gasteiger partial charge on any atom is -0.460 e. The standard InChI is InChI=1S/C18H33NO4/c1-6-8-9-10-14(7-2)16(20)22-15-11-12-19(13-15)17(21)23-18(3,4)5/h14-15H,6-13H2,1-5H3. The van der Waals surface area contributed by atoms with Gasteiger partial charge in [0, 0.05) is 13.0 Å². The van der Waals surface area contributed by atoms with Gasteiger partial charge in [-0.05, 0) is 33.6 Å². The number of esters is 1. The van der Waals surface area contributed by atoms with E-state index in [1.807, 2.05) is 27.7 Å². The molecule has 0 aromatic rings. The van der Waals surface area contributed by atoms with Crippen LogP contribution in [0.4, 0.5) is 4.79 Å². The predicted octanol–water partition coefficient (Wildman–Crippen LogP) is 4.15. The van der Waals surface area contributed by atoms with Crippen LogP contribution in [0.2, 0.25) is 0 Å². The SMILES string of the molecule is CCCCCC(CC)C(=O)OC1CCN(C(=O)OC(C)(C)C)C1. The molecule has 1 rings (SSSR count). The lowest BCUT2D eigenvalue weighted by Gasteiger charge is -2.24. The van der Waals surface area contributed by atoms with Crippen molar-refractivity contribution in [2.45, 2.75) is 84.8 Å². The molecule has 23 heavy (non-hydrogen) atoms. The molecule has 134 valence electrons. The normalized spacial score (nSPS) is 19.5. The molecule has 1 heterocycles. The molecule has 2 unspecified atom stereocenters. The Morgan fingerprint density at radius 2 is 1.91 bits per heavy atom. The number of carbonyl (C=O) groups excluding carboxylic acids is 2. The van der Waals surface area contributed by atoms with Crippen LogP contribution in [0.15, 0.2) is 0 Å². The first kappa shape index (κ1) is 19.8. The van der Waals surface area contributed by atoms with E-state index in [-0.39, 0.29) is 24.1 Å². The second-order valence-corrected chi connectivity index (χ2v) is 7.37. The number of hydrogen-bond acceptors (Lipinski definition) is 4. The van der Waals surface area contributed by atoms with Crippen molar-refractivity contribution >= 4 is 12.1 Å². The van der Waals surface area contributed by atoms with Gasteiger partial charge in [-0.3, -0.25) is 4.79 Å². The van der Waals surface area contributed by atoms with Crippen LogP contribution in [0.25, 0.3) is 0 Å². The van der Waals surface area contributed by atoms with Gasteiger partial charge in [0.15, 0.2) is 0 Å². The summed E-state index contributed by atoms with van der Waals surface area (Å²) < 4.78 is 11.0. The molecule has 0 saturated carbocycles. The van der Waals surface area contributed by atoms with E-state index in [1.54, 1.807) is 4.90 Å². The second kappa shape index (κ2) is 9.14. The highest BCUT2D eigenvalue weighted by atomic mass is 16.6. The molecule has 0 spiro atoms. The number of nitrogens with zero attached hydrogens (tertiary/aromatic N) is 1. The van der Waals surface area contributed by atoms with Gasteiger partial charge < -0.3 is 14.4 Å². The first-order valence-corrected chi connectivity index (χ1v) is 8.95. The van der Waals surface area contributed by atoms with E-state index in [0.29, 0.717) is 19.5 Å². The molecule has 0 aromatic carbocycles. The van der Waals surface area contributed by atoms with Gasteiger partial charge in [-0.15, -0.1) is 0 Å². The maximum absolute atomic E-state index is 12.3. The van der Waals surface area contributed by atoms with Crippen molar-refractivity contribution < 1.29 is 19.1 Å². The van der Waals surface area contributed by atoms with E-state index in [1.165, 1.54) is 0 Å². The van der Waals surface area contributed by atoms with Crippen LogP contribution < -0.4 is 0 Å². The van der Waals surface area contributed by atoms with Gasteiger partial charge in [0.1, 0.15) is 11.7 Å². The summed E-state index contributed by atoms with van der Waals surface area (Å²) >= 11 is 0. The third kappa shape index (κ3) is 7.23. The average Bonchev–Trinajstić information content (AvgIpc) is 2.90. The van der Waals surface area contributed by atoms with Crippen LogP contribution in [0, 0.1) is 5.92 Å². The van der Waals surface area contributed by atoms with E-state index >= 15 is 0 Å². The van der Waals surface area contributed by atoms with Gasteiger partial charge in [0.25, 0.3) is 0 Å². The first-order valence-electron chi connectivity index (χ1n) is 8.95. The van der Waals surface area contributed by atoms with Gasteiger partial charge in [-0.1, -0.05) is 33.1 Å². The van der Waals surface area contributed by atoms with Crippen LogP contribution in [-0.4, -0.2) is 41.8 Å². The summed E-state index contributed by atoms with van der Waals surface area (Å²) in [6.07, 6.45) is 5.24. The van der Waals surface area contributed by atoms with Gasteiger partial charge in [-0.2, -0.15) is 0 Å². The van der Waals surface area contributed by atoms with Crippen molar-refractivity contribution in [2.75, 3.05) is 13.1 Å². The van der Waals surface area contributed by atoms with Crippen LogP contribution in [0.1, 0.15) is 73.1 Å². The number of rotatable bonds is 7. The third-order valence-corrected chi connectivity index (χ3v) is 4.06. The summed E-state index contributed by atoms with van der Waals surface area (Å²) in [5, 5.41) is 0. The molecular weight excluding hydrogens is 294 g/mol. The zero-order valence-electron chi connectivity index (χ0n) is 15.4. The maximum atomic E-state index is 12.3. The summed E-state index contributed by atoms with van der Waals surface area (Å²) in [5.74, 6) is -0.128. The molecule has 0 N–H and O–H groups in total. The molecule has 0 aliphatic carbocycles. The molecule has 0 radical (unpaired) electrons. The van der Waals surface area contributed by atoms with E-state index < -0.39 is 5.60 Å². The highest BCUT2D eigenvalue weighted by Crippen LogP contribution is 2.21. The smallest absolute Gasteiger partial charge is 0.410 e. The van der Waals surface area contributed by atoms with Crippen LogP contribution in [0.5, 0.6) is 0 Å². The van der Waals surface area contributed by atoms with Crippen molar-refractivity contribution in [2.24, 2.45) is 5.92 Å². The van der Waals surface area contributed by atoms with Crippen LogP contribution >= 0.6 is 0 Å². The summed E-state index contributed by atoms with van der Waals surface area (Å²) in [4.78, 5) is 25.9.